The lowest BCUT2D eigenvalue weighted by Crippen LogP contribution is -2.41. The maximum atomic E-state index is 12.9. The first-order valence-electron chi connectivity index (χ1n) is 10.5. The van der Waals surface area contributed by atoms with Crippen LogP contribution in [0.4, 0.5) is 5.69 Å². The topological polar surface area (TPSA) is 74.6 Å². The second-order valence-electron chi connectivity index (χ2n) is 7.68. The molecule has 0 fully saturated rings. The summed E-state index contributed by atoms with van der Waals surface area (Å²) in [4.78, 5) is 15.1. The van der Waals surface area contributed by atoms with E-state index in [9.17, 15) is 4.79 Å². The molecule has 1 N–H and O–H groups in total. The molecule has 1 aliphatic heterocycles. The number of rotatable bonds is 6. The van der Waals surface area contributed by atoms with Crippen molar-refractivity contribution in [2.45, 2.75) is 12.5 Å². The summed E-state index contributed by atoms with van der Waals surface area (Å²) in [7, 11) is 3.27. The number of amides is 1. The van der Waals surface area contributed by atoms with Crippen LogP contribution in [0.2, 0.25) is 0 Å². The Bertz CT molecular complexity index is 1140. The second kappa shape index (κ2) is 9.54. The second-order valence-corrected chi connectivity index (χ2v) is 7.68. The highest BCUT2D eigenvalue weighted by atomic mass is 16.5. The highest BCUT2D eigenvalue weighted by Gasteiger charge is 2.31. The molecule has 1 amide bonds. The summed E-state index contributed by atoms with van der Waals surface area (Å²) in [6.45, 7) is 0.982. The van der Waals surface area contributed by atoms with Gasteiger partial charge in [-0.25, -0.2) is 0 Å². The first-order valence-corrected chi connectivity index (χ1v) is 10.5. The zero-order chi connectivity index (χ0) is 22.5. The molecule has 162 valence electrons. The molecule has 0 saturated carbocycles. The van der Waals surface area contributed by atoms with Gasteiger partial charge in [-0.05, 0) is 59.5 Å². The summed E-state index contributed by atoms with van der Waals surface area (Å²) < 4.78 is 11.0. The van der Waals surface area contributed by atoms with Gasteiger partial charge in [0.15, 0.2) is 11.5 Å². The number of nitriles is 1. The van der Waals surface area contributed by atoms with E-state index in [2.05, 4.69) is 28.4 Å². The van der Waals surface area contributed by atoms with Crippen molar-refractivity contribution in [2.24, 2.45) is 0 Å². The summed E-state index contributed by atoms with van der Waals surface area (Å²) in [5, 5.41) is 11.9. The summed E-state index contributed by atoms with van der Waals surface area (Å²) >= 11 is 0. The van der Waals surface area contributed by atoms with E-state index < -0.39 is 0 Å². The number of hydrogen-bond donors (Lipinski definition) is 1. The average Bonchev–Trinajstić information content (AvgIpc) is 2.84. The van der Waals surface area contributed by atoms with E-state index in [4.69, 9.17) is 14.7 Å². The molecule has 1 atom stereocenters. The van der Waals surface area contributed by atoms with E-state index in [1.807, 2.05) is 30.3 Å². The fourth-order valence-electron chi connectivity index (χ4n) is 4.21. The van der Waals surface area contributed by atoms with Gasteiger partial charge in [0.05, 0.1) is 38.4 Å². The third kappa shape index (κ3) is 4.43. The lowest BCUT2D eigenvalue weighted by Gasteiger charge is -2.37. The van der Waals surface area contributed by atoms with Crippen LogP contribution in [-0.2, 0) is 11.2 Å². The zero-order valence-corrected chi connectivity index (χ0v) is 18.2. The van der Waals surface area contributed by atoms with Gasteiger partial charge in [-0.1, -0.05) is 30.3 Å². The Balaban J connectivity index is 1.63. The van der Waals surface area contributed by atoms with E-state index in [1.54, 1.807) is 38.5 Å². The van der Waals surface area contributed by atoms with Crippen molar-refractivity contribution < 1.29 is 14.3 Å². The third-order valence-electron chi connectivity index (χ3n) is 5.73. The summed E-state index contributed by atoms with van der Waals surface area (Å²) in [5.41, 5.74) is 4.66. The Labute approximate surface area is 188 Å². The average molecular weight is 428 g/mol. The van der Waals surface area contributed by atoms with Gasteiger partial charge in [0.1, 0.15) is 0 Å². The van der Waals surface area contributed by atoms with Gasteiger partial charge < -0.3 is 14.8 Å². The van der Waals surface area contributed by atoms with Crippen LogP contribution in [0.1, 0.15) is 28.3 Å². The van der Waals surface area contributed by atoms with Crippen LogP contribution >= 0.6 is 0 Å². The first-order chi connectivity index (χ1) is 15.6. The number of nitrogens with one attached hydrogen (secondary N) is 1. The Morgan fingerprint density at radius 2 is 1.75 bits per heavy atom. The number of hydrogen-bond acceptors (Lipinski definition) is 5. The zero-order valence-electron chi connectivity index (χ0n) is 18.2. The maximum Gasteiger partial charge on any atom is 0.238 e. The first kappa shape index (κ1) is 21.4. The molecule has 1 aliphatic rings. The molecule has 1 heterocycles. The van der Waals surface area contributed by atoms with E-state index in [0.29, 0.717) is 22.7 Å². The molecule has 0 aromatic heterocycles. The van der Waals surface area contributed by atoms with Crippen molar-refractivity contribution in [3.63, 3.8) is 0 Å². The molecule has 0 radical (unpaired) electrons. The summed E-state index contributed by atoms with van der Waals surface area (Å²) in [5.74, 6) is 1.29. The van der Waals surface area contributed by atoms with E-state index >= 15 is 0 Å². The molecule has 6 nitrogen and oxygen atoms in total. The minimum absolute atomic E-state index is 0.0773. The third-order valence-corrected chi connectivity index (χ3v) is 5.73. The van der Waals surface area contributed by atoms with E-state index in [1.165, 1.54) is 5.56 Å². The minimum Gasteiger partial charge on any atom is -0.493 e. The van der Waals surface area contributed by atoms with Gasteiger partial charge in [0, 0.05) is 12.2 Å². The van der Waals surface area contributed by atoms with Crippen molar-refractivity contribution >= 4 is 11.6 Å². The van der Waals surface area contributed by atoms with Crippen LogP contribution < -0.4 is 14.8 Å². The molecule has 6 heteroatoms. The van der Waals surface area contributed by atoms with Gasteiger partial charge in [-0.15, -0.1) is 0 Å². The summed E-state index contributed by atoms with van der Waals surface area (Å²) in [6, 6.07) is 23.1. The lowest BCUT2D eigenvalue weighted by atomic mass is 9.87. The normalized spacial score (nSPS) is 15.3. The molecule has 0 aliphatic carbocycles. The Kier molecular flexibility index (Phi) is 6.39. The highest BCUT2D eigenvalue weighted by Crippen LogP contribution is 2.40. The molecule has 0 saturated heterocycles. The molecule has 0 bridgehead atoms. The van der Waals surface area contributed by atoms with Crippen LogP contribution in [-0.4, -0.2) is 38.1 Å². The molecule has 3 aromatic rings. The molecular formula is C26H25N3O3. The van der Waals surface area contributed by atoms with Crippen LogP contribution in [0, 0.1) is 11.3 Å². The number of carbonyl (C=O) groups is 1. The molecule has 4 rings (SSSR count). The number of anilines is 1. The molecule has 0 spiro atoms. The lowest BCUT2D eigenvalue weighted by molar-refractivity contribution is -0.117. The molecule has 0 unspecified atom stereocenters. The molecule has 3 aromatic carbocycles. The number of methoxy groups -OCH3 is 2. The van der Waals surface area contributed by atoms with Gasteiger partial charge in [-0.2, -0.15) is 5.26 Å². The van der Waals surface area contributed by atoms with Crippen LogP contribution in [0.25, 0.3) is 0 Å². The van der Waals surface area contributed by atoms with Crippen molar-refractivity contribution in [3.05, 3.63) is 89.0 Å². The van der Waals surface area contributed by atoms with Gasteiger partial charge in [0.2, 0.25) is 5.91 Å². The standard InChI is InChI=1S/C26H25N3O3/c1-31-23-14-20-12-13-29(17-25(30)28-21-10-8-18(16-27)9-11-21)26(19-6-4-3-5-7-19)22(20)15-24(23)32-2/h3-11,14-15,26H,12-13,17H2,1-2H3,(H,28,30)/t26-/m1/s1. The Morgan fingerprint density at radius 1 is 1.06 bits per heavy atom. The van der Waals surface area contributed by atoms with Crippen LogP contribution in [0.15, 0.2) is 66.7 Å². The SMILES string of the molecule is COc1cc2c(cc1OC)[C@@H](c1ccccc1)N(CC(=O)Nc1ccc(C#N)cc1)CC2. The van der Waals surface area contributed by atoms with Crippen molar-refractivity contribution in [3.8, 4) is 17.6 Å². The van der Waals surface area contributed by atoms with Crippen LogP contribution in [0.3, 0.4) is 0 Å². The largest absolute Gasteiger partial charge is 0.493 e. The quantitative estimate of drug-likeness (QED) is 0.639. The predicted octanol–water partition coefficient (Wildman–Crippen LogP) is 4.16. The number of benzene rings is 3. The Morgan fingerprint density at radius 3 is 2.41 bits per heavy atom. The fraction of sp³-hybridized carbons (Fsp3) is 0.231. The van der Waals surface area contributed by atoms with Gasteiger partial charge >= 0.3 is 0 Å². The van der Waals surface area contributed by atoms with Crippen molar-refractivity contribution in [1.29, 1.82) is 5.26 Å². The fourth-order valence-corrected chi connectivity index (χ4v) is 4.21. The Hall–Kier alpha value is -3.82. The maximum absolute atomic E-state index is 12.9. The number of fused-ring (bicyclic) bond motifs is 1. The van der Waals surface area contributed by atoms with E-state index in [0.717, 1.165) is 24.1 Å². The molecule has 32 heavy (non-hydrogen) atoms. The van der Waals surface area contributed by atoms with Crippen LogP contribution in [0.5, 0.6) is 11.5 Å². The van der Waals surface area contributed by atoms with E-state index in [-0.39, 0.29) is 18.5 Å². The predicted molar refractivity (Wildman–Crippen MR) is 123 cm³/mol. The van der Waals surface area contributed by atoms with Gasteiger partial charge in [-0.3, -0.25) is 9.69 Å². The van der Waals surface area contributed by atoms with Crippen molar-refractivity contribution in [1.82, 2.24) is 4.90 Å². The minimum atomic E-state index is -0.0976. The monoisotopic (exact) mass is 427 g/mol. The van der Waals surface area contributed by atoms with Gasteiger partial charge in [0.25, 0.3) is 0 Å². The number of nitrogens with zero attached hydrogens (tertiary/aromatic N) is 2. The number of carbonyl (C=O) groups excluding carboxylic acids is 1. The van der Waals surface area contributed by atoms with Crippen molar-refractivity contribution in [2.75, 3.05) is 32.6 Å². The summed E-state index contributed by atoms with van der Waals surface area (Å²) in [6.07, 6.45) is 0.809. The highest BCUT2D eigenvalue weighted by molar-refractivity contribution is 5.92. The number of ether oxygens (including phenoxy) is 2. The molecular weight excluding hydrogens is 402 g/mol. The smallest absolute Gasteiger partial charge is 0.238 e.